The number of hydrogen-bond acceptors (Lipinski definition) is 6. The Kier molecular flexibility index (Phi) is 6.86. The Labute approximate surface area is 196 Å². The second kappa shape index (κ2) is 9.97. The number of rotatable bonds is 7. The zero-order valence-corrected chi connectivity index (χ0v) is 19.1. The number of amides is 2. The van der Waals surface area contributed by atoms with Gasteiger partial charge in [0.2, 0.25) is 11.9 Å². The predicted molar refractivity (Wildman–Crippen MR) is 128 cm³/mol. The molecule has 0 spiro atoms. The van der Waals surface area contributed by atoms with Gasteiger partial charge in [0.15, 0.2) is 0 Å². The zero-order valence-electron chi connectivity index (χ0n) is 18.3. The molecule has 3 aromatic rings. The van der Waals surface area contributed by atoms with Gasteiger partial charge in [-0.25, -0.2) is 9.97 Å². The van der Waals surface area contributed by atoms with Gasteiger partial charge >= 0.3 is 0 Å². The van der Waals surface area contributed by atoms with Gasteiger partial charge in [0.1, 0.15) is 0 Å². The van der Waals surface area contributed by atoms with Gasteiger partial charge in [0, 0.05) is 40.7 Å². The molecule has 2 amide bonds. The number of methoxy groups -OCH3 is 1. The van der Waals surface area contributed by atoms with Crippen LogP contribution in [-0.2, 0) is 16.0 Å². The molecule has 0 bridgehead atoms. The molecule has 0 aliphatic carbocycles. The van der Waals surface area contributed by atoms with E-state index >= 15 is 0 Å². The van der Waals surface area contributed by atoms with Crippen molar-refractivity contribution in [1.29, 1.82) is 0 Å². The third-order valence-electron chi connectivity index (χ3n) is 5.33. The maximum absolute atomic E-state index is 12.5. The molecule has 1 unspecified atom stereocenters. The third-order valence-corrected chi connectivity index (χ3v) is 5.56. The average Bonchev–Trinajstić information content (AvgIpc) is 2.93. The maximum atomic E-state index is 12.5. The van der Waals surface area contributed by atoms with Crippen molar-refractivity contribution in [1.82, 2.24) is 15.3 Å². The number of benzene rings is 2. The first-order valence-corrected chi connectivity index (χ1v) is 11.0. The molecule has 0 fully saturated rings. The summed E-state index contributed by atoms with van der Waals surface area (Å²) in [5, 5.41) is 9.51. The molecule has 8 nitrogen and oxygen atoms in total. The largest absolute Gasteiger partial charge is 0.383 e. The van der Waals surface area contributed by atoms with Gasteiger partial charge in [-0.2, -0.15) is 0 Å². The molecule has 2 heterocycles. The first-order chi connectivity index (χ1) is 16.0. The smallest absolute Gasteiger partial charge is 0.251 e. The Morgan fingerprint density at radius 3 is 2.76 bits per heavy atom. The molecular weight excluding hydrogens is 442 g/mol. The number of carbonyl (C=O) groups excluding carboxylic acids is 2. The summed E-state index contributed by atoms with van der Waals surface area (Å²) in [6, 6.07) is 12.3. The minimum Gasteiger partial charge on any atom is -0.383 e. The highest BCUT2D eigenvalue weighted by molar-refractivity contribution is 6.31. The van der Waals surface area contributed by atoms with E-state index in [0.29, 0.717) is 34.5 Å². The van der Waals surface area contributed by atoms with Crippen LogP contribution in [0.1, 0.15) is 29.3 Å². The summed E-state index contributed by atoms with van der Waals surface area (Å²) in [4.78, 5) is 33.7. The number of fused-ring (bicyclic) bond motifs is 3. The summed E-state index contributed by atoms with van der Waals surface area (Å²) in [6.45, 7) is 2.46. The molecule has 170 valence electrons. The van der Waals surface area contributed by atoms with E-state index in [4.69, 9.17) is 16.3 Å². The lowest BCUT2D eigenvalue weighted by atomic mass is 10.1. The van der Waals surface area contributed by atoms with Crippen LogP contribution < -0.4 is 16.0 Å². The highest BCUT2D eigenvalue weighted by Gasteiger charge is 2.21. The monoisotopic (exact) mass is 465 g/mol. The maximum Gasteiger partial charge on any atom is 0.251 e. The Balaban J connectivity index is 1.53. The van der Waals surface area contributed by atoms with Crippen LogP contribution in [0.15, 0.2) is 48.7 Å². The van der Waals surface area contributed by atoms with Crippen LogP contribution in [0.3, 0.4) is 0 Å². The van der Waals surface area contributed by atoms with Crippen molar-refractivity contribution in [3.63, 3.8) is 0 Å². The standard InChI is InChI=1S/C24H24ClN5O3/c1-3-17(13-33-2)27-23(32)14-4-7-18(8-5-14)28-24-26-12-15-10-21(31)29-20-11-16(25)6-9-19(20)22(15)30-24/h4-9,11-12,17H,3,10,13H2,1-2H3,(H,27,32)(H,29,31)(H,26,28,30). The molecule has 0 saturated heterocycles. The minimum absolute atomic E-state index is 0.0348. The quantitative estimate of drug-likeness (QED) is 0.483. The van der Waals surface area contributed by atoms with E-state index in [0.717, 1.165) is 23.2 Å². The number of hydrogen-bond donors (Lipinski definition) is 3. The minimum atomic E-state index is -0.154. The molecular formula is C24H24ClN5O3. The molecule has 1 atom stereocenters. The van der Waals surface area contributed by atoms with E-state index in [-0.39, 0.29) is 24.3 Å². The summed E-state index contributed by atoms with van der Waals surface area (Å²) in [5.41, 5.74) is 4.07. The summed E-state index contributed by atoms with van der Waals surface area (Å²) in [6.07, 6.45) is 2.61. The third kappa shape index (κ3) is 5.30. The lowest BCUT2D eigenvalue weighted by Gasteiger charge is -2.16. The lowest BCUT2D eigenvalue weighted by Crippen LogP contribution is -2.37. The van der Waals surface area contributed by atoms with E-state index in [1.807, 2.05) is 13.0 Å². The summed E-state index contributed by atoms with van der Waals surface area (Å²) in [5.74, 6) is 0.0813. The lowest BCUT2D eigenvalue weighted by molar-refractivity contribution is -0.115. The van der Waals surface area contributed by atoms with E-state index in [9.17, 15) is 9.59 Å². The molecule has 1 aliphatic rings. The Morgan fingerprint density at radius 1 is 1.24 bits per heavy atom. The van der Waals surface area contributed by atoms with Crippen LogP contribution in [0.2, 0.25) is 5.02 Å². The zero-order chi connectivity index (χ0) is 23.4. The normalized spacial score (nSPS) is 13.2. The number of carbonyl (C=O) groups is 2. The van der Waals surface area contributed by atoms with Gasteiger partial charge in [-0.1, -0.05) is 18.5 Å². The van der Waals surface area contributed by atoms with Crippen molar-refractivity contribution in [3.05, 3.63) is 64.8 Å². The molecule has 33 heavy (non-hydrogen) atoms. The SMILES string of the molecule is CCC(COC)NC(=O)c1ccc(Nc2ncc3c(n2)-c2ccc(Cl)cc2NC(=O)C3)cc1. The van der Waals surface area contributed by atoms with Crippen molar-refractivity contribution >= 4 is 40.7 Å². The number of nitrogens with one attached hydrogen (secondary N) is 3. The summed E-state index contributed by atoms with van der Waals surface area (Å²) in [7, 11) is 1.61. The van der Waals surface area contributed by atoms with Crippen molar-refractivity contribution in [3.8, 4) is 11.3 Å². The van der Waals surface area contributed by atoms with Crippen LogP contribution in [0.25, 0.3) is 11.3 Å². The topological polar surface area (TPSA) is 105 Å². The van der Waals surface area contributed by atoms with Crippen molar-refractivity contribution in [2.75, 3.05) is 24.4 Å². The average molecular weight is 466 g/mol. The van der Waals surface area contributed by atoms with Gasteiger partial charge in [0.25, 0.3) is 5.91 Å². The fourth-order valence-corrected chi connectivity index (χ4v) is 3.76. The van der Waals surface area contributed by atoms with E-state index < -0.39 is 0 Å². The molecule has 3 N–H and O–H groups in total. The Morgan fingerprint density at radius 2 is 2.03 bits per heavy atom. The van der Waals surface area contributed by atoms with Gasteiger partial charge in [-0.3, -0.25) is 9.59 Å². The van der Waals surface area contributed by atoms with Crippen LogP contribution in [-0.4, -0.2) is 41.5 Å². The van der Waals surface area contributed by atoms with E-state index in [2.05, 4.69) is 25.9 Å². The highest BCUT2D eigenvalue weighted by Crippen LogP contribution is 2.34. The van der Waals surface area contributed by atoms with E-state index in [1.54, 1.807) is 49.7 Å². The number of halogens is 1. The fraction of sp³-hybridized carbons (Fsp3) is 0.250. The molecule has 1 aromatic heterocycles. The second-order valence-electron chi connectivity index (χ2n) is 7.72. The summed E-state index contributed by atoms with van der Waals surface area (Å²) >= 11 is 6.10. The predicted octanol–water partition coefficient (Wildman–Crippen LogP) is 4.19. The van der Waals surface area contributed by atoms with Crippen molar-refractivity contribution in [2.45, 2.75) is 25.8 Å². The molecule has 9 heteroatoms. The first kappa shape index (κ1) is 22.7. The number of ether oxygens (including phenoxy) is 1. The second-order valence-corrected chi connectivity index (χ2v) is 8.16. The van der Waals surface area contributed by atoms with E-state index in [1.165, 1.54) is 0 Å². The number of anilines is 3. The molecule has 0 radical (unpaired) electrons. The highest BCUT2D eigenvalue weighted by atomic mass is 35.5. The van der Waals surface area contributed by atoms with Crippen LogP contribution in [0.5, 0.6) is 0 Å². The van der Waals surface area contributed by atoms with Crippen LogP contribution in [0.4, 0.5) is 17.3 Å². The van der Waals surface area contributed by atoms with Crippen molar-refractivity contribution in [2.24, 2.45) is 0 Å². The van der Waals surface area contributed by atoms with Gasteiger partial charge in [0.05, 0.1) is 30.5 Å². The molecule has 4 rings (SSSR count). The Hall–Kier alpha value is -3.49. The number of aromatic nitrogens is 2. The fourth-order valence-electron chi connectivity index (χ4n) is 3.59. The van der Waals surface area contributed by atoms with Crippen LogP contribution in [0, 0.1) is 0 Å². The molecule has 2 aromatic carbocycles. The molecule has 1 aliphatic heterocycles. The molecule has 0 saturated carbocycles. The van der Waals surface area contributed by atoms with Gasteiger partial charge < -0.3 is 20.7 Å². The first-order valence-electron chi connectivity index (χ1n) is 10.6. The van der Waals surface area contributed by atoms with Gasteiger partial charge in [-0.15, -0.1) is 0 Å². The van der Waals surface area contributed by atoms with Crippen LogP contribution >= 0.6 is 11.6 Å². The van der Waals surface area contributed by atoms with Crippen molar-refractivity contribution < 1.29 is 14.3 Å². The number of nitrogens with zero attached hydrogens (tertiary/aromatic N) is 2. The summed E-state index contributed by atoms with van der Waals surface area (Å²) < 4.78 is 5.13. The van der Waals surface area contributed by atoms with Gasteiger partial charge in [-0.05, 0) is 48.9 Å². The Bertz CT molecular complexity index is 1180.